The molecule has 0 radical (unpaired) electrons. The largest absolute Gasteiger partial charge is 0.457 e. The Morgan fingerprint density at radius 1 is 1.14 bits per heavy atom. The lowest BCUT2D eigenvalue weighted by atomic mass is 10.1. The molecule has 0 aliphatic heterocycles. The molecule has 3 heteroatoms. The number of amides is 1. The lowest BCUT2D eigenvalue weighted by Gasteiger charge is -2.11. The van der Waals surface area contributed by atoms with Crippen LogP contribution >= 0.6 is 0 Å². The number of nitrogens with one attached hydrogen (secondary N) is 1. The van der Waals surface area contributed by atoms with Crippen molar-refractivity contribution in [2.75, 3.05) is 0 Å². The van der Waals surface area contributed by atoms with E-state index in [0.717, 1.165) is 28.2 Å². The Bertz CT molecular complexity index is 671. The summed E-state index contributed by atoms with van der Waals surface area (Å²) in [6.07, 6.45) is 1.59. The Kier molecular flexibility index (Phi) is 5.37. The first-order chi connectivity index (χ1) is 10.5. The van der Waals surface area contributed by atoms with Crippen molar-refractivity contribution in [1.82, 2.24) is 5.32 Å². The topological polar surface area (TPSA) is 38.3 Å². The van der Waals surface area contributed by atoms with Crippen LogP contribution in [0.3, 0.4) is 0 Å². The van der Waals surface area contributed by atoms with Crippen molar-refractivity contribution in [3.63, 3.8) is 0 Å². The first-order valence-corrected chi connectivity index (χ1v) is 7.30. The van der Waals surface area contributed by atoms with Gasteiger partial charge in [0.25, 0.3) is 0 Å². The second-order valence-corrected chi connectivity index (χ2v) is 5.45. The Labute approximate surface area is 131 Å². The van der Waals surface area contributed by atoms with Crippen LogP contribution in [0.5, 0.6) is 11.5 Å². The zero-order chi connectivity index (χ0) is 15.9. The molecular weight excluding hydrogens is 274 g/mol. The molecule has 0 bridgehead atoms. The van der Waals surface area contributed by atoms with E-state index >= 15 is 0 Å². The van der Waals surface area contributed by atoms with Crippen molar-refractivity contribution in [3.8, 4) is 11.5 Å². The van der Waals surface area contributed by atoms with Gasteiger partial charge in [-0.05, 0) is 50.1 Å². The fourth-order valence-corrected chi connectivity index (χ4v) is 1.98. The molecule has 0 saturated heterocycles. The zero-order valence-electron chi connectivity index (χ0n) is 13.2. The van der Waals surface area contributed by atoms with Crippen LogP contribution in [0.25, 0.3) is 0 Å². The molecule has 2 aromatic carbocycles. The predicted octanol–water partition coefficient (Wildman–Crippen LogP) is 4.37. The lowest BCUT2D eigenvalue weighted by molar-refractivity contribution is -0.116. The van der Waals surface area contributed by atoms with Crippen molar-refractivity contribution < 1.29 is 9.53 Å². The van der Waals surface area contributed by atoms with E-state index in [1.165, 1.54) is 0 Å². The highest BCUT2D eigenvalue weighted by atomic mass is 16.5. The number of para-hydroxylation sites is 1. The highest BCUT2D eigenvalue weighted by molar-refractivity contribution is 5.87. The van der Waals surface area contributed by atoms with Crippen LogP contribution in [0.1, 0.15) is 25.0 Å². The van der Waals surface area contributed by atoms with Crippen LogP contribution in [-0.2, 0) is 11.3 Å². The van der Waals surface area contributed by atoms with E-state index in [0.29, 0.717) is 6.54 Å². The van der Waals surface area contributed by atoms with Crippen molar-refractivity contribution in [1.29, 1.82) is 0 Å². The van der Waals surface area contributed by atoms with Crippen molar-refractivity contribution >= 4 is 5.91 Å². The van der Waals surface area contributed by atoms with Crippen LogP contribution < -0.4 is 10.1 Å². The van der Waals surface area contributed by atoms with E-state index in [1.807, 2.05) is 69.3 Å². The number of hydrogen-bond donors (Lipinski definition) is 1. The number of carbonyl (C=O) groups is 1. The third-order valence-corrected chi connectivity index (χ3v) is 3.11. The molecule has 0 saturated carbocycles. The summed E-state index contributed by atoms with van der Waals surface area (Å²) in [6, 6.07) is 15.6. The summed E-state index contributed by atoms with van der Waals surface area (Å²) in [5.74, 6) is 1.53. The summed E-state index contributed by atoms with van der Waals surface area (Å²) >= 11 is 0. The fraction of sp³-hybridized carbons (Fsp3) is 0.211. The number of carbonyl (C=O) groups excluding carboxylic acids is 1. The number of aryl methyl sites for hydroxylation is 1. The summed E-state index contributed by atoms with van der Waals surface area (Å²) in [5, 5.41) is 2.87. The summed E-state index contributed by atoms with van der Waals surface area (Å²) in [4.78, 5) is 11.7. The van der Waals surface area contributed by atoms with Gasteiger partial charge in [0.05, 0.1) is 0 Å². The summed E-state index contributed by atoms with van der Waals surface area (Å²) in [6.45, 7) is 6.28. The average molecular weight is 295 g/mol. The maximum absolute atomic E-state index is 11.7. The molecule has 1 N–H and O–H groups in total. The molecule has 0 heterocycles. The van der Waals surface area contributed by atoms with Gasteiger partial charge >= 0.3 is 0 Å². The highest BCUT2D eigenvalue weighted by Gasteiger charge is 2.04. The zero-order valence-corrected chi connectivity index (χ0v) is 13.2. The van der Waals surface area contributed by atoms with Crippen LogP contribution in [0, 0.1) is 6.92 Å². The molecule has 3 nitrogen and oxygen atoms in total. The van der Waals surface area contributed by atoms with Gasteiger partial charge in [-0.15, -0.1) is 0 Å². The normalized spacial score (nSPS) is 9.95. The molecule has 2 aromatic rings. The highest BCUT2D eigenvalue weighted by Crippen LogP contribution is 2.25. The second kappa shape index (κ2) is 7.46. The molecule has 0 aliphatic carbocycles. The molecule has 0 spiro atoms. The van der Waals surface area contributed by atoms with Gasteiger partial charge in [-0.1, -0.05) is 35.9 Å². The van der Waals surface area contributed by atoms with Crippen molar-refractivity contribution in [3.05, 3.63) is 71.3 Å². The maximum Gasteiger partial charge on any atom is 0.244 e. The van der Waals surface area contributed by atoms with Crippen molar-refractivity contribution in [2.45, 2.75) is 27.3 Å². The van der Waals surface area contributed by atoms with Gasteiger partial charge in [-0.3, -0.25) is 4.79 Å². The molecule has 114 valence electrons. The molecule has 0 aromatic heterocycles. The Morgan fingerprint density at radius 3 is 2.55 bits per heavy atom. The molecule has 0 unspecified atom stereocenters. The maximum atomic E-state index is 11.7. The minimum atomic E-state index is -0.0777. The molecule has 0 aliphatic rings. The molecule has 0 atom stereocenters. The van der Waals surface area contributed by atoms with E-state index in [9.17, 15) is 4.79 Å². The molecule has 1 amide bonds. The average Bonchev–Trinajstić information content (AvgIpc) is 2.48. The monoisotopic (exact) mass is 295 g/mol. The van der Waals surface area contributed by atoms with Gasteiger partial charge in [0.15, 0.2) is 0 Å². The Balaban J connectivity index is 2.07. The summed E-state index contributed by atoms with van der Waals surface area (Å²) < 4.78 is 5.90. The van der Waals surface area contributed by atoms with Crippen LogP contribution in [-0.4, -0.2) is 5.91 Å². The van der Waals surface area contributed by atoms with Crippen molar-refractivity contribution in [2.24, 2.45) is 0 Å². The lowest BCUT2D eigenvalue weighted by Crippen LogP contribution is -2.20. The SMILES string of the molecule is CC(C)=CC(=O)NCc1ccc(C)c(Oc2ccccc2)c1. The minimum Gasteiger partial charge on any atom is -0.457 e. The van der Waals surface area contributed by atoms with Gasteiger partial charge in [-0.25, -0.2) is 0 Å². The fourth-order valence-electron chi connectivity index (χ4n) is 1.98. The second-order valence-electron chi connectivity index (χ2n) is 5.45. The van der Waals surface area contributed by atoms with Gasteiger partial charge in [0.2, 0.25) is 5.91 Å². The third-order valence-electron chi connectivity index (χ3n) is 3.11. The smallest absolute Gasteiger partial charge is 0.244 e. The molecule has 2 rings (SSSR count). The number of rotatable bonds is 5. The predicted molar refractivity (Wildman–Crippen MR) is 89.0 cm³/mol. The van der Waals surface area contributed by atoms with E-state index in [2.05, 4.69) is 5.32 Å². The first kappa shape index (κ1) is 15.8. The van der Waals surface area contributed by atoms with Gasteiger partial charge < -0.3 is 10.1 Å². The van der Waals surface area contributed by atoms with Crippen LogP contribution in [0.2, 0.25) is 0 Å². The van der Waals surface area contributed by atoms with E-state index in [1.54, 1.807) is 6.08 Å². The number of benzene rings is 2. The van der Waals surface area contributed by atoms with E-state index in [-0.39, 0.29) is 5.91 Å². The third kappa shape index (κ3) is 4.77. The van der Waals surface area contributed by atoms with Gasteiger partial charge in [-0.2, -0.15) is 0 Å². The molecular formula is C19H21NO2. The van der Waals surface area contributed by atoms with Gasteiger partial charge in [0.1, 0.15) is 11.5 Å². The number of hydrogen-bond acceptors (Lipinski definition) is 2. The summed E-state index contributed by atoms with van der Waals surface area (Å²) in [7, 11) is 0. The van der Waals surface area contributed by atoms with Crippen LogP contribution in [0.4, 0.5) is 0 Å². The number of allylic oxidation sites excluding steroid dienone is 1. The van der Waals surface area contributed by atoms with Crippen LogP contribution in [0.15, 0.2) is 60.2 Å². The van der Waals surface area contributed by atoms with E-state index < -0.39 is 0 Å². The number of ether oxygens (including phenoxy) is 1. The Hall–Kier alpha value is -2.55. The summed E-state index contributed by atoms with van der Waals surface area (Å²) in [5.41, 5.74) is 3.05. The quantitative estimate of drug-likeness (QED) is 0.832. The molecule has 22 heavy (non-hydrogen) atoms. The minimum absolute atomic E-state index is 0.0777. The molecule has 0 fully saturated rings. The van der Waals surface area contributed by atoms with E-state index in [4.69, 9.17) is 4.74 Å². The standard InChI is InChI=1S/C19H21NO2/c1-14(2)11-19(21)20-13-16-10-9-15(3)18(12-16)22-17-7-5-4-6-8-17/h4-12H,13H2,1-3H3,(H,20,21). The van der Waals surface area contributed by atoms with Gasteiger partial charge in [0, 0.05) is 12.6 Å². The first-order valence-electron chi connectivity index (χ1n) is 7.30. The Morgan fingerprint density at radius 2 is 1.86 bits per heavy atom.